The van der Waals surface area contributed by atoms with Gasteiger partial charge in [-0.15, -0.1) is 0 Å². The standard InChI is InChI=1S/C15H31NO3/c1-12(2)15(5-6-15)11-16-9-14(17)10-18-7-8-19-13(3)4/h12-14,16-17H,5-11H2,1-4H3. The Labute approximate surface area is 117 Å². The molecule has 0 amide bonds. The third-order valence-electron chi connectivity index (χ3n) is 3.96. The molecule has 0 saturated heterocycles. The molecule has 1 unspecified atom stereocenters. The summed E-state index contributed by atoms with van der Waals surface area (Å²) in [7, 11) is 0. The van der Waals surface area contributed by atoms with E-state index in [1.807, 2.05) is 13.8 Å². The minimum Gasteiger partial charge on any atom is -0.389 e. The van der Waals surface area contributed by atoms with E-state index in [0.717, 1.165) is 12.5 Å². The fraction of sp³-hybridized carbons (Fsp3) is 1.00. The first-order chi connectivity index (χ1) is 8.96. The van der Waals surface area contributed by atoms with Crippen LogP contribution in [-0.4, -0.2) is 50.2 Å². The molecule has 1 rings (SSSR count). The maximum Gasteiger partial charge on any atom is 0.0897 e. The lowest BCUT2D eigenvalue weighted by Crippen LogP contribution is -2.35. The molecule has 2 N–H and O–H groups in total. The molecule has 1 aliphatic carbocycles. The van der Waals surface area contributed by atoms with Crippen molar-refractivity contribution in [3.8, 4) is 0 Å². The molecular formula is C15H31NO3. The normalized spacial score (nSPS) is 19.1. The number of nitrogens with one attached hydrogen (secondary N) is 1. The molecule has 1 aliphatic rings. The van der Waals surface area contributed by atoms with E-state index in [1.54, 1.807) is 0 Å². The molecule has 0 spiro atoms. The predicted molar refractivity (Wildman–Crippen MR) is 77.3 cm³/mol. The summed E-state index contributed by atoms with van der Waals surface area (Å²) in [6.07, 6.45) is 2.44. The van der Waals surface area contributed by atoms with Crippen LogP contribution in [-0.2, 0) is 9.47 Å². The number of aliphatic hydroxyl groups is 1. The van der Waals surface area contributed by atoms with Gasteiger partial charge < -0.3 is 19.9 Å². The zero-order chi connectivity index (χ0) is 14.3. The molecule has 0 aromatic heterocycles. The zero-order valence-electron chi connectivity index (χ0n) is 12.9. The number of hydrogen-bond donors (Lipinski definition) is 2. The minimum absolute atomic E-state index is 0.237. The van der Waals surface area contributed by atoms with Crippen LogP contribution in [0.5, 0.6) is 0 Å². The first-order valence-corrected chi connectivity index (χ1v) is 7.54. The highest BCUT2D eigenvalue weighted by Crippen LogP contribution is 2.51. The van der Waals surface area contributed by atoms with Crippen LogP contribution in [0.1, 0.15) is 40.5 Å². The smallest absolute Gasteiger partial charge is 0.0897 e. The molecule has 0 radical (unpaired) electrons. The Bertz CT molecular complexity index is 240. The lowest BCUT2D eigenvalue weighted by molar-refractivity contribution is -0.0102. The summed E-state index contributed by atoms with van der Waals surface area (Å²) < 4.78 is 10.7. The van der Waals surface area contributed by atoms with Crippen LogP contribution in [0.2, 0.25) is 0 Å². The molecule has 0 aliphatic heterocycles. The second kappa shape index (κ2) is 8.20. The lowest BCUT2D eigenvalue weighted by atomic mass is 9.92. The van der Waals surface area contributed by atoms with Gasteiger partial charge in [0.15, 0.2) is 0 Å². The second-order valence-electron chi connectivity index (χ2n) is 6.30. The summed E-state index contributed by atoms with van der Waals surface area (Å²) in [5.41, 5.74) is 0.492. The summed E-state index contributed by atoms with van der Waals surface area (Å²) in [6.45, 7) is 11.7. The lowest BCUT2D eigenvalue weighted by Gasteiger charge is -2.21. The van der Waals surface area contributed by atoms with Gasteiger partial charge in [-0.05, 0) is 38.0 Å². The fourth-order valence-electron chi connectivity index (χ4n) is 2.23. The third-order valence-corrected chi connectivity index (χ3v) is 3.96. The molecule has 4 heteroatoms. The predicted octanol–water partition coefficient (Wildman–Crippen LogP) is 1.81. The number of ether oxygens (including phenoxy) is 2. The number of rotatable bonds is 11. The van der Waals surface area contributed by atoms with Crippen LogP contribution >= 0.6 is 0 Å². The van der Waals surface area contributed by atoms with Gasteiger partial charge in [0.05, 0.1) is 32.0 Å². The molecule has 114 valence electrons. The van der Waals surface area contributed by atoms with E-state index in [2.05, 4.69) is 19.2 Å². The van der Waals surface area contributed by atoms with E-state index in [1.165, 1.54) is 12.8 Å². The van der Waals surface area contributed by atoms with Crippen molar-refractivity contribution >= 4 is 0 Å². The van der Waals surface area contributed by atoms with Gasteiger partial charge in [0.1, 0.15) is 0 Å². The molecule has 4 nitrogen and oxygen atoms in total. The molecule has 0 bridgehead atoms. The van der Waals surface area contributed by atoms with Gasteiger partial charge in [0.2, 0.25) is 0 Å². The first-order valence-electron chi connectivity index (χ1n) is 7.54. The maximum atomic E-state index is 9.79. The molecule has 0 heterocycles. The minimum atomic E-state index is -0.429. The Kier molecular flexibility index (Phi) is 7.29. The van der Waals surface area contributed by atoms with Crippen molar-refractivity contribution in [2.45, 2.75) is 52.7 Å². The average molecular weight is 273 g/mol. The van der Waals surface area contributed by atoms with Crippen LogP contribution in [0, 0.1) is 11.3 Å². The van der Waals surface area contributed by atoms with Crippen LogP contribution in [0.25, 0.3) is 0 Å². The molecular weight excluding hydrogens is 242 g/mol. The van der Waals surface area contributed by atoms with E-state index < -0.39 is 6.10 Å². The Morgan fingerprint density at radius 3 is 2.37 bits per heavy atom. The summed E-state index contributed by atoms with van der Waals surface area (Å²) in [4.78, 5) is 0. The van der Waals surface area contributed by atoms with Gasteiger partial charge >= 0.3 is 0 Å². The number of hydrogen-bond acceptors (Lipinski definition) is 4. The molecule has 1 atom stereocenters. The van der Waals surface area contributed by atoms with Gasteiger partial charge in [-0.1, -0.05) is 13.8 Å². The molecule has 0 aromatic rings. The highest BCUT2D eigenvalue weighted by molar-refractivity contribution is 4.97. The monoisotopic (exact) mass is 273 g/mol. The molecule has 1 fully saturated rings. The van der Waals surface area contributed by atoms with E-state index in [4.69, 9.17) is 9.47 Å². The van der Waals surface area contributed by atoms with Crippen molar-refractivity contribution < 1.29 is 14.6 Å². The van der Waals surface area contributed by atoms with E-state index in [9.17, 15) is 5.11 Å². The Hall–Kier alpha value is -0.160. The van der Waals surface area contributed by atoms with Crippen molar-refractivity contribution in [2.75, 3.05) is 32.9 Å². The van der Waals surface area contributed by atoms with Crippen LogP contribution in [0.3, 0.4) is 0 Å². The highest BCUT2D eigenvalue weighted by atomic mass is 16.5. The fourth-order valence-corrected chi connectivity index (χ4v) is 2.23. The Morgan fingerprint density at radius 1 is 1.16 bits per heavy atom. The molecule has 0 aromatic carbocycles. The maximum absolute atomic E-state index is 9.79. The van der Waals surface area contributed by atoms with Gasteiger partial charge in [-0.3, -0.25) is 0 Å². The van der Waals surface area contributed by atoms with Gasteiger partial charge in [-0.2, -0.15) is 0 Å². The summed E-state index contributed by atoms with van der Waals surface area (Å²) >= 11 is 0. The van der Waals surface area contributed by atoms with Crippen LogP contribution in [0.15, 0.2) is 0 Å². The molecule has 19 heavy (non-hydrogen) atoms. The van der Waals surface area contributed by atoms with Gasteiger partial charge in [0, 0.05) is 13.1 Å². The van der Waals surface area contributed by atoms with Gasteiger partial charge in [-0.25, -0.2) is 0 Å². The summed E-state index contributed by atoms with van der Waals surface area (Å²) in [5, 5.41) is 13.2. The van der Waals surface area contributed by atoms with Crippen molar-refractivity contribution in [1.82, 2.24) is 5.32 Å². The molecule has 1 saturated carbocycles. The van der Waals surface area contributed by atoms with E-state index in [0.29, 0.717) is 31.8 Å². The van der Waals surface area contributed by atoms with Crippen molar-refractivity contribution in [1.29, 1.82) is 0 Å². The number of aliphatic hydroxyl groups excluding tert-OH is 1. The Balaban J connectivity index is 1.95. The van der Waals surface area contributed by atoms with Crippen LogP contribution < -0.4 is 5.32 Å². The van der Waals surface area contributed by atoms with Crippen molar-refractivity contribution in [3.63, 3.8) is 0 Å². The van der Waals surface area contributed by atoms with Crippen LogP contribution in [0.4, 0.5) is 0 Å². The average Bonchev–Trinajstić information content (AvgIpc) is 3.09. The summed E-state index contributed by atoms with van der Waals surface area (Å²) in [5.74, 6) is 0.724. The second-order valence-corrected chi connectivity index (χ2v) is 6.30. The zero-order valence-corrected chi connectivity index (χ0v) is 12.9. The van der Waals surface area contributed by atoms with E-state index >= 15 is 0 Å². The topological polar surface area (TPSA) is 50.7 Å². The highest BCUT2D eigenvalue weighted by Gasteiger charge is 2.44. The van der Waals surface area contributed by atoms with Gasteiger partial charge in [0.25, 0.3) is 0 Å². The van der Waals surface area contributed by atoms with Crippen molar-refractivity contribution in [3.05, 3.63) is 0 Å². The third kappa shape index (κ3) is 6.70. The quantitative estimate of drug-likeness (QED) is 0.564. The largest absolute Gasteiger partial charge is 0.389 e. The summed E-state index contributed by atoms with van der Waals surface area (Å²) in [6, 6.07) is 0. The Morgan fingerprint density at radius 2 is 1.84 bits per heavy atom. The SMILES string of the molecule is CC(C)OCCOCC(O)CNCC1(C(C)C)CC1. The van der Waals surface area contributed by atoms with Crippen molar-refractivity contribution in [2.24, 2.45) is 11.3 Å². The van der Waals surface area contributed by atoms with E-state index in [-0.39, 0.29) is 6.10 Å². The first kappa shape index (κ1) is 16.9.